The Kier molecular flexibility index (Phi) is 4.87. The zero-order chi connectivity index (χ0) is 20.8. The minimum Gasteiger partial charge on any atom is -0.457 e. The second-order valence-corrected chi connectivity index (χ2v) is 8.67. The lowest BCUT2D eigenvalue weighted by Gasteiger charge is -1.98. The average molecular weight is 475 g/mol. The third-order valence-corrected chi connectivity index (χ3v) is 6.14. The minimum absolute atomic E-state index is 0.275. The predicted octanol–water partition coefficient (Wildman–Crippen LogP) is 5.59. The molecule has 0 unspecified atom stereocenters. The second kappa shape index (κ2) is 7.56. The molecule has 0 N–H and O–H groups in total. The molecule has 0 radical (unpaired) electrons. The number of aromatic nitrogens is 3. The maximum absolute atomic E-state index is 12.8. The van der Waals surface area contributed by atoms with Crippen molar-refractivity contribution in [3.05, 3.63) is 90.3 Å². The van der Waals surface area contributed by atoms with Crippen molar-refractivity contribution in [2.24, 2.45) is 0 Å². The number of hydrogen-bond donors (Lipinski definition) is 0. The van der Waals surface area contributed by atoms with Crippen molar-refractivity contribution < 1.29 is 4.42 Å². The Labute approximate surface area is 188 Å². The van der Waals surface area contributed by atoms with Gasteiger partial charge in [-0.05, 0) is 54.6 Å². The first kappa shape index (κ1) is 19.3. The number of furan rings is 1. The zero-order valence-electron chi connectivity index (χ0n) is 15.0. The first-order chi connectivity index (χ1) is 14.5. The van der Waals surface area contributed by atoms with E-state index in [-0.39, 0.29) is 5.56 Å². The largest absolute Gasteiger partial charge is 0.457 e. The van der Waals surface area contributed by atoms with Gasteiger partial charge in [0.2, 0.25) is 4.96 Å². The van der Waals surface area contributed by atoms with Crippen LogP contribution in [0.4, 0.5) is 0 Å². The van der Waals surface area contributed by atoms with Gasteiger partial charge in [0.15, 0.2) is 5.82 Å². The molecule has 0 amide bonds. The van der Waals surface area contributed by atoms with Crippen LogP contribution >= 0.6 is 46.1 Å². The maximum Gasteiger partial charge on any atom is 0.291 e. The average Bonchev–Trinajstić information content (AvgIpc) is 3.41. The molecule has 0 bridgehead atoms. The smallest absolute Gasteiger partial charge is 0.291 e. The molecule has 5 nitrogen and oxygen atoms in total. The standard InChI is InChI=1S/C21H10Cl3N3O2S/c22-12-3-1-11(2-4-12)17-8-6-14(29-17)10-18-20(28)27-21(30-18)25-19(26-27)15-7-5-13(23)9-16(15)24/h1-10H/b18-10-. The Balaban J connectivity index is 1.52. The molecular formula is C21H10Cl3N3O2S. The highest BCUT2D eigenvalue weighted by Gasteiger charge is 2.15. The number of benzene rings is 2. The van der Waals surface area contributed by atoms with E-state index in [1.807, 2.05) is 18.2 Å². The molecule has 5 rings (SSSR count). The van der Waals surface area contributed by atoms with Crippen molar-refractivity contribution in [1.82, 2.24) is 14.6 Å². The van der Waals surface area contributed by atoms with E-state index in [1.54, 1.807) is 42.5 Å². The van der Waals surface area contributed by atoms with Crippen molar-refractivity contribution in [3.8, 4) is 22.7 Å². The van der Waals surface area contributed by atoms with E-state index >= 15 is 0 Å². The van der Waals surface area contributed by atoms with E-state index in [9.17, 15) is 4.79 Å². The van der Waals surface area contributed by atoms with Crippen LogP contribution in [0, 0.1) is 0 Å². The summed E-state index contributed by atoms with van der Waals surface area (Å²) in [7, 11) is 0. The summed E-state index contributed by atoms with van der Waals surface area (Å²) >= 11 is 19.3. The van der Waals surface area contributed by atoms with E-state index in [4.69, 9.17) is 39.2 Å². The fraction of sp³-hybridized carbons (Fsp3) is 0. The van der Waals surface area contributed by atoms with Crippen LogP contribution in [0.3, 0.4) is 0 Å². The molecule has 0 atom stereocenters. The van der Waals surface area contributed by atoms with Gasteiger partial charge in [-0.2, -0.15) is 9.50 Å². The number of rotatable bonds is 3. The molecule has 30 heavy (non-hydrogen) atoms. The van der Waals surface area contributed by atoms with Crippen molar-refractivity contribution in [2.45, 2.75) is 0 Å². The van der Waals surface area contributed by atoms with Crippen LogP contribution in [0.1, 0.15) is 5.76 Å². The molecule has 3 aromatic heterocycles. The van der Waals surface area contributed by atoms with Gasteiger partial charge in [0.25, 0.3) is 5.56 Å². The molecule has 0 aliphatic heterocycles. The molecule has 0 aliphatic rings. The first-order valence-corrected chi connectivity index (χ1v) is 10.7. The van der Waals surface area contributed by atoms with Gasteiger partial charge in [0.1, 0.15) is 16.1 Å². The summed E-state index contributed by atoms with van der Waals surface area (Å²) < 4.78 is 7.58. The van der Waals surface area contributed by atoms with Crippen LogP contribution in [-0.2, 0) is 0 Å². The van der Waals surface area contributed by atoms with Crippen molar-refractivity contribution in [2.75, 3.05) is 0 Å². The van der Waals surface area contributed by atoms with Gasteiger partial charge < -0.3 is 4.42 Å². The first-order valence-electron chi connectivity index (χ1n) is 8.70. The number of nitrogens with zero attached hydrogens (tertiary/aromatic N) is 3. The van der Waals surface area contributed by atoms with Crippen molar-refractivity contribution in [1.29, 1.82) is 0 Å². The summed E-state index contributed by atoms with van der Waals surface area (Å²) in [5, 5.41) is 5.90. The summed E-state index contributed by atoms with van der Waals surface area (Å²) in [6.45, 7) is 0. The Bertz CT molecular complexity index is 1500. The number of fused-ring (bicyclic) bond motifs is 1. The lowest BCUT2D eigenvalue weighted by Crippen LogP contribution is -2.23. The van der Waals surface area contributed by atoms with Gasteiger partial charge >= 0.3 is 0 Å². The second-order valence-electron chi connectivity index (χ2n) is 6.38. The lowest BCUT2D eigenvalue weighted by atomic mass is 10.2. The monoisotopic (exact) mass is 473 g/mol. The summed E-state index contributed by atoms with van der Waals surface area (Å²) in [5.41, 5.74) is 1.23. The molecule has 0 fully saturated rings. The Hall–Kier alpha value is -2.64. The van der Waals surface area contributed by atoms with Crippen LogP contribution in [0.15, 0.2) is 63.8 Å². The third kappa shape index (κ3) is 3.52. The fourth-order valence-electron chi connectivity index (χ4n) is 2.95. The summed E-state index contributed by atoms with van der Waals surface area (Å²) in [5.74, 6) is 1.61. The van der Waals surface area contributed by atoms with E-state index in [2.05, 4.69) is 10.1 Å². The Morgan fingerprint density at radius 3 is 2.47 bits per heavy atom. The fourth-order valence-corrected chi connectivity index (χ4v) is 4.45. The summed E-state index contributed by atoms with van der Waals surface area (Å²) in [4.78, 5) is 17.7. The lowest BCUT2D eigenvalue weighted by molar-refractivity contribution is 0.571. The molecule has 9 heteroatoms. The van der Waals surface area contributed by atoms with Crippen molar-refractivity contribution in [3.63, 3.8) is 0 Å². The third-order valence-electron chi connectivity index (χ3n) is 4.38. The van der Waals surface area contributed by atoms with Gasteiger partial charge in [-0.15, -0.1) is 5.10 Å². The number of hydrogen-bond acceptors (Lipinski definition) is 5. The zero-order valence-corrected chi connectivity index (χ0v) is 18.1. The Morgan fingerprint density at radius 1 is 0.967 bits per heavy atom. The minimum atomic E-state index is -0.275. The topological polar surface area (TPSA) is 60.4 Å². The van der Waals surface area contributed by atoms with Gasteiger partial charge in [-0.1, -0.05) is 46.1 Å². The molecule has 0 saturated carbocycles. The van der Waals surface area contributed by atoms with Crippen LogP contribution in [0.25, 0.3) is 33.7 Å². The SMILES string of the molecule is O=c1/c(=C/c2ccc(-c3ccc(Cl)cc3)o2)sc2nc(-c3ccc(Cl)cc3Cl)nn12. The van der Waals surface area contributed by atoms with Gasteiger partial charge in [0.05, 0.1) is 5.02 Å². The number of halogens is 3. The molecule has 148 valence electrons. The number of thiazole rings is 1. The van der Waals surface area contributed by atoms with E-state index in [0.717, 1.165) is 5.56 Å². The van der Waals surface area contributed by atoms with Gasteiger partial charge in [0, 0.05) is 27.2 Å². The van der Waals surface area contributed by atoms with Crippen LogP contribution in [-0.4, -0.2) is 14.6 Å². The van der Waals surface area contributed by atoms with E-state index in [1.165, 1.54) is 15.9 Å². The maximum atomic E-state index is 12.8. The predicted molar refractivity (Wildman–Crippen MR) is 121 cm³/mol. The van der Waals surface area contributed by atoms with E-state index < -0.39 is 0 Å². The molecule has 2 aromatic carbocycles. The highest BCUT2D eigenvalue weighted by molar-refractivity contribution is 7.15. The quantitative estimate of drug-likeness (QED) is 0.342. The molecular weight excluding hydrogens is 465 g/mol. The highest BCUT2D eigenvalue weighted by Crippen LogP contribution is 2.28. The highest BCUT2D eigenvalue weighted by atomic mass is 35.5. The van der Waals surface area contributed by atoms with E-state index in [0.29, 0.717) is 47.5 Å². The van der Waals surface area contributed by atoms with Gasteiger partial charge in [-0.3, -0.25) is 4.79 Å². The van der Waals surface area contributed by atoms with Crippen LogP contribution < -0.4 is 10.1 Å². The Morgan fingerprint density at radius 2 is 1.73 bits per heavy atom. The molecule has 3 heterocycles. The van der Waals surface area contributed by atoms with Gasteiger partial charge in [-0.25, -0.2) is 0 Å². The summed E-state index contributed by atoms with van der Waals surface area (Å²) in [6.07, 6.45) is 1.68. The normalized spacial score (nSPS) is 12.2. The molecule has 5 aromatic rings. The molecule has 0 saturated heterocycles. The van der Waals surface area contributed by atoms with Crippen molar-refractivity contribution >= 4 is 57.2 Å². The van der Waals surface area contributed by atoms with Crippen LogP contribution in [0.2, 0.25) is 15.1 Å². The molecule has 0 aliphatic carbocycles. The van der Waals surface area contributed by atoms with Crippen LogP contribution in [0.5, 0.6) is 0 Å². The molecule has 0 spiro atoms. The summed E-state index contributed by atoms with van der Waals surface area (Å²) in [6, 6.07) is 16.0.